The maximum Gasteiger partial charge on any atom is 0.587 e. The van der Waals surface area contributed by atoms with E-state index in [1.807, 2.05) is 32.8 Å². The first-order valence-electron chi connectivity index (χ1n) is 11.8. The van der Waals surface area contributed by atoms with Gasteiger partial charge in [-0.25, -0.2) is 9.59 Å². The third-order valence-corrected chi connectivity index (χ3v) is 8.25. The van der Waals surface area contributed by atoms with Crippen molar-refractivity contribution in [2.24, 2.45) is 5.92 Å². The number of ketones is 1. The molecule has 3 atom stereocenters. The lowest BCUT2D eigenvalue weighted by molar-refractivity contribution is -0.849. The van der Waals surface area contributed by atoms with Crippen LogP contribution in [0, 0.1) is 5.92 Å². The van der Waals surface area contributed by atoms with Crippen molar-refractivity contribution in [3.8, 4) is 0 Å². The van der Waals surface area contributed by atoms with E-state index in [-0.39, 0.29) is 39.6 Å². The van der Waals surface area contributed by atoms with Crippen LogP contribution in [0.4, 0.5) is 0 Å². The topological polar surface area (TPSA) is 102 Å². The minimum Gasteiger partial charge on any atom is -0.600 e. The predicted molar refractivity (Wildman–Crippen MR) is 131 cm³/mol. The molecule has 35 heavy (non-hydrogen) atoms. The molecular formula is C23H30BCl2N3O6. The molecule has 9 nitrogen and oxygen atoms in total. The first-order valence-corrected chi connectivity index (χ1v) is 12.5. The number of quaternary nitrogens is 1. The van der Waals surface area contributed by atoms with Crippen LogP contribution < -0.4 is 5.32 Å². The summed E-state index contributed by atoms with van der Waals surface area (Å²) >= 11 is 12.0. The number of nitrogens with one attached hydrogen (secondary N) is 1. The van der Waals surface area contributed by atoms with E-state index < -0.39 is 42.4 Å². The number of hydrogen-bond donors (Lipinski definition) is 1. The summed E-state index contributed by atoms with van der Waals surface area (Å²) in [5.74, 6) is -1.95. The summed E-state index contributed by atoms with van der Waals surface area (Å²) in [6.07, 6.45) is 0.509. The van der Waals surface area contributed by atoms with Gasteiger partial charge in [-0.05, 0) is 43.4 Å². The van der Waals surface area contributed by atoms with Gasteiger partial charge in [0.25, 0.3) is 5.91 Å². The number of halogens is 2. The largest absolute Gasteiger partial charge is 0.600 e. The quantitative estimate of drug-likeness (QED) is 0.519. The van der Waals surface area contributed by atoms with Gasteiger partial charge >= 0.3 is 18.6 Å². The third-order valence-electron chi connectivity index (χ3n) is 7.68. The van der Waals surface area contributed by atoms with Crippen LogP contribution in [0.3, 0.4) is 0 Å². The molecule has 1 aromatic rings. The maximum atomic E-state index is 13.1. The van der Waals surface area contributed by atoms with Gasteiger partial charge in [0.1, 0.15) is 5.78 Å². The Balaban J connectivity index is 1.55. The molecule has 3 aliphatic rings. The highest BCUT2D eigenvalue weighted by molar-refractivity contribution is 6.68. The van der Waals surface area contributed by atoms with E-state index in [2.05, 4.69) is 5.32 Å². The molecule has 3 heterocycles. The Hall–Kier alpha value is -2.14. The van der Waals surface area contributed by atoms with Gasteiger partial charge in [0.2, 0.25) is 0 Å². The number of piperazine rings is 1. The molecule has 3 aliphatic heterocycles. The molecule has 0 bridgehead atoms. The van der Waals surface area contributed by atoms with Gasteiger partial charge in [0.15, 0.2) is 12.1 Å². The number of carbonyl (C=O) groups excluding carboxylic acids is 4. The number of amides is 1. The molecule has 0 unspecified atom stereocenters. The summed E-state index contributed by atoms with van der Waals surface area (Å²) in [4.78, 5) is 53.5. The molecule has 1 aromatic carbocycles. The zero-order valence-electron chi connectivity index (χ0n) is 20.3. The highest BCUT2D eigenvalue weighted by atomic mass is 35.5. The highest BCUT2D eigenvalue weighted by Gasteiger charge is 2.77. The van der Waals surface area contributed by atoms with Crippen LogP contribution in [0.2, 0.25) is 15.9 Å². The fourth-order valence-electron chi connectivity index (χ4n) is 6.05. The molecular weight excluding hydrogens is 496 g/mol. The van der Waals surface area contributed by atoms with Crippen LogP contribution >= 0.6 is 23.2 Å². The molecule has 3 fully saturated rings. The van der Waals surface area contributed by atoms with E-state index >= 15 is 0 Å². The number of hydrogen-bond acceptors (Lipinski definition) is 7. The molecule has 0 radical (unpaired) electrons. The Labute approximate surface area is 214 Å². The zero-order valence-corrected chi connectivity index (χ0v) is 21.8. The Bertz CT molecular complexity index is 1060. The van der Waals surface area contributed by atoms with Gasteiger partial charge in [-0.1, -0.05) is 43.5 Å². The van der Waals surface area contributed by atoms with E-state index in [1.54, 1.807) is 6.07 Å². The molecule has 12 heteroatoms. The van der Waals surface area contributed by atoms with Crippen LogP contribution in [0.1, 0.15) is 37.0 Å². The van der Waals surface area contributed by atoms with Crippen molar-refractivity contribution >= 4 is 53.5 Å². The van der Waals surface area contributed by atoms with Gasteiger partial charge in [-0.15, -0.1) is 0 Å². The lowest BCUT2D eigenvalue weighted by atomic mass is 9.51. The van der Waals surface area contributed by atoms with Gasteiger partial charge < -0.3 is 19.0 Å². The van der Waals surface area contributed by atoms with Crippen LogP contribution in [-0.4, -0.2) is 85.4 Å². The highest BCUT2D eigenvalue weighted by Crippen LogP contribution is 2.52. The van der Waals surface area contributed by atoms with Gasteiger partial charge in [-0.3, -0.25) is 14.5 Å². The average Bonchev–Trinajstić information content (AvgIpc) is 3.13. The molecule has 0 aromatic heterocycles. The molecule has 4 rings (SSSR count). The van der Waals surface area contributed by atoms with Crippen LogP contribution in [0.15, 0.2) is 18.2 Å². The van der Waals surface area contributed by atoms with Crippen molar-refractivity contribution < 1.29 is 32.9 Å². The average molecular weight is 526 g/mol. The van der Waals surface area contributed by atoms with Crippen LogP contribution in [-0.2, 0) is 23.7 Å². The number of likely N-dealkylation sites (N-methyl/N-ethyl adjacent to an activating group) is 2. The summed E-state index contributed by atoms with van der Waals surface area (Å²) in [5, 5.41) is 3.17. The number of nitrogens with zero attached hydrogens (tertiary/aromatic N) is 2. The lowest BCUT2D eigenvalue weighted by Crippen LogP contribution is -2.74. The van der Waals surface area contributed by atoms with Crippen molar-refractivity contribution in [1.82, 2.24) is 10.2 Å². The Morgan fingerprint density at radius 2 is 1.77 bits per heavy atom. The minimum absolute atomic E-state index is 0.00851. The summed E-state index contributed by atoms with van der Waals surface area (Å²) in [6, 6.07) is 3.40. The summed E-state index contributed by atoms with van der Waals surface area (Å²) in [5.41, 5.74) is 0.171. The number of rotatable bonds is 8. The third kappa shape index (κ3) is 4.35. The van der Waals surface area contributed by atoms with Crippen molar-refractivity contribution in [1.29, 1.82) is 0 Å². The summed E-state index contributed by atoms with van der Waals surface area (Å²) in [6.45, 7) is 2.20. The zero-order chi connectivity index (χ0) is 25.7. The fraction of sp³-hybridized carbons (Fsp3) is 0.565. The first kappa shape index (κ1) is 25.9. The van der Waals surface area contributed by atoms with Gasteiger partial charge in [-0.2, -0.15) is 0 Å². The number of benzene rings is 1. The maximum absolute atomic E-state index is 13.1. The Morgan fingerprint density at radius 1 is 1.17 bits per heavy atom. The van der Waals surface area contributed by atoms with Crippen molar-refractivity contribution in [2.45, 2.75) is 44.6 Å². The first-order chi connectivity index (χ1) is 16.4. The van der Waals surface area contributed by atoms with Crippen molar-refractivity contribution in [2.75, 3.05) is 33.7 Å². The van der Waals surface area contributed by atoms with Gasteiger partial charge in [0, 0.05) is 12.1 Å². The molecule has 1 amide bonds. The SMILES string of the molecule is CC(C)C[C@H](CC(=O)CNC(=O)c1cc(Cl)ccc1Cl)[B-]12OC(=O)[C@@H]3CN(C)C[C@@H](C(=O)O1)[N+]32C. The van der Waals surface area contributed by atoms with E-state index in [0.29, 0.717) is 24.5 Å². The number of Topliss-reactive ketones (excluding diaryl/α,β-unsaturated/α-hetero) is 1. The van der Waals surface area contributed by atoms with Gasteiger partial charge in [0.05, 0.1) is 30.2 Å². The van der Waals surface area contributed by atoms with E-state index in [0.717, 1.165) is 0 Å². The normalized spacial score (nSPS) is 30.6. The molecule has 1 N–H and O–H groups in total. The summed E-state index contributed by atoms with van der Waals surface area (Å²) in [7, 11) is 3.71. The second kappa shape index (κ2) is 9.39. The molecule has 0 saturated carbocycles. The second-order valence-electron chi connectivity index (χ2n) is 10.5. The molecule has 190 valence electrons. The van der Waals surface area contributed by atoms with Crippen molar-refractivity contribution in [3.63, 3.8) is 0 Å². The van der Waals surface area contributed by atoms with E-state index in [4.69, 9.17) is 32.5 Å². The monoisotopic (exact) mass is 525 g/mol. The fourth-order valence-corrected chi connectivity index (χ4v) is 6.42. The standard InChI is InChI=1S/C23H30BCl2N3O6/c1-13(2)7-14(8-16(30)10-27-21(31)17-9-15(25)5-6-18(17)26)24-29(4)19(22(32)34-24)11-28(3)12-20(29)23(33)35-24/h5-6,9,13-14,19-20H,7-8,10-12H2,1-4H3,(H,27,31)/t14-,19+,20+,24?,29?/m1/s1. The Kier molecular flexibility index (Phi) is 6.96. The minimum atomic E-state index is -2.45. The van der Waals surface area contributed by atoms with Crippen molar-refractivity contribution in [3.05, 3.63) is 33.8 Å². The predicted octanol–water partition coefficient (Wildman–Crippen LogP) is 2.28. The lowest BCUT2D eigenvalue weighted by Gasteiger charge is -2.53. The molecule has 0 aliphatic carbocycles. The van der Waals surface area contributed by atoms with Crippen LogP contribution in [0.5, 0.6) is 0 Å². The second-order valence-corrected chi connectivity index (χ2v) is 11.4. The van der Waals surface area contributed by atoms with E-state index in [9.17, 15) is 19.2 Å². The summed E-state index contributed by atoms with van der Waals surface area (Å²) < 4.78 is 12.0. The smallest absolute Gasteiger partial charge is 0.587 e. The van der Waals surface area contributed by atoms with Crippen LogP contribution in [0.25, 0.3) is 0 Å². The van der Waals surface area contributed by atoms with E-state index in [1.165, 1.54) is 12.1 Å². The number of carbonyl (C=O) groups is 4. The molecule has 3 saturated heterocycles. The Morgan fingerprint density at radius 3 is 2.34 bits per heavy atom. The molecule has 0 spiro atoms.